The third-order valence-corrected chi connectivity index (χ3v) is 3.10. The lowest BCUT2D eigenvalue weighted by Crippen LogP contribution is -2.24. The number of aliphatic hydroxyl groups is 1. The molecule has 1 N–H and O–H groups in total. The maximum Gasteiger partial charge on any atom is 0.0894 e. The van der Waals surface area contributed by atoms with Crippen LogP contribution in [0.15, 0.2) is 28.7 Å². The first-order valence-electron chi connectivity index (χ1n) is 5.11. The fourth-order valence-electron chi connectivity index (χ4n) is 1.72. The lowest BCUT2D eigenvalue weighted by Gasteiger charge is -2.27. The van der Waals surface area contributed by atoms with Gasteiger partial charge in [0.25, 0.3) is 0 Å². The highest BCUT2D eigenvalue weighted by Gasteiger charge is 2.25. The molecule has 0 heterocycles. The van der Waals surface area contributed by atoms with Crippen LogP contribution < -0.4 is 0 Å². The number of halogens is 1. The molecular formula is C12H17BrO. The smallest absolute Gasteiger partial charge is 0.0894 e. The van der Waals surface area contributed by atoms with E-state index in [1.165, 1.54) is 0 Å². The van der Waals surface area contributed by atoms with E-state index < -0.39 is 5.60 Å². The van der Waals surface area contributed by atoms with Crippen LogP contribution in [0.25, 0.3) is 0 Å². The second kappa shape index (κ2) is 4.94. The molecule has 0 spiro atoms. The van der Waals surface area contributed by atoms with Gasteiger partial charge in [-0.1, -0.05) is 48.3 Å². The molecule has 2 heteroatoms. The summed E-state index contributed by atoms with van der Waals surface area (Å²) in [4.78, 5) is 0. The van der Waals surface area contributed by atoms with Crippen LogP contribution in [0.4, 0.5) is 0 Å². The molecule has 1 rings (SSSR count). The number of hydrogen-bond donors (Lipinski definition) is 1. The summed E-state index contributed by atoms with van der Waals surface area (Å²) in [6.07, 6.45) is 2.58. The average molecular weight is 257 g/mol. The predicted molar refractivity (Wildman–Crippen MR) is 63.2 cm³/mol. The van der Waals surface area contributed by atoms with Crippen LogP contribution in [0.1, 0.15) is 38.7 Å². The van der Waals surface area contributed by atoms with Crippen molar-refractivity contribution in [2.75, 3.05) is 0 Å². The van der Waals surface area contributed by atoms with Gasteiger partial charge in [-0.15, -0.1) is 0 Å². The topological polar surface area (TPSA) is 20.2 Å². The highest BCUT2D eigenvalue weighted by Crippen LogP contribution is 2.31. The summed E-state index contributed by atoms with van der Waals surface area (Å²) in [5, 5.41) is 10.4. The summed E-state index contributed by atoms with van der Waals surface area (Å²) in [6.45, 7) is 4.12. The van der Waals surface area contributed by atoms with E-state index in [-0.39, 0.29) is 0 Å². The molecule has 0 fully saturated rings. The van der Waals surface area contributed by atoms with Crippen LogP contribution >= 0.6 is 15.9 Å². The molecular weight excluding hydrogens is 240 g/mol. The second-order valence-electron chi connectivity index (χ2n) is 3.65. The van der Waals surface area contributed by atoms with Crippen molar-refractivity contribution in [2.45, 2.75) is 38.7 Å². The number of rotatable bonds is 4. The van der Waals surface area contributed by atoms with E-state index in [1.54, 1.807) is 0 Å². The Kier molecular flexibility index (Phi) is 4.14. The molecule has 0 amide bonds. The molecule has 0 saturated heterocycles. The van der Waals surface area contributed by atoms with Gasteiger partial charge in [-0.3, -0.25) is 0 Å². The molecule has 1 aromatic rings. The lowest BCUT2D eigenvalue weighted by molar-refractivity contribution is 0.0226. The van der Waals surface area contributed by atoms with Crippen molar-refractivity contribution in [3.05, 3.63) is 34.3 Å². The summed E-state index contributed by atoms with van der Waals surface area (Å²) in [6, 6.07) is 7.93. The van der Waals surface area contributed by atoms with Gasteiger partial charge in [-0.05, 0) is 30.5 Å². The van der Waals surface area contributed by atoms with Crippen LogP contribution in [0.2, 0.25) is 0 Å². The van der Waals surface area contributed by atoms with Crippen LogP contribution in [0.5, 0.6) is 0 Å². The van der Waals surface area contributed by atoms with Crippen molar-refractivity contribution < 1.29 is 5.11 Å². The van der Waals surface area contributed by atoms with Gasteiger partial charge >= 0.3 is 0 Å². The molecule has 0 aliphatic heterocycles. The molecule has 0 bridgehead atoms. The molecule has 1 nitrogen and oxygen atoms in total. The highest BCUT2D eigenvalue weighted by atomic mass is 79.9. The summed E-state index contributed by atoms with van der Waals surface area (Å²) >= 11 is 3.42. The standard InChI is InChI=1S/C12H17BrO/c1-3-8-12(14,4-2)10-6-5-7-11(13)9-10/h5-7,9,14H,3-4,8H2,1-2H3. The van der Waals surface area contributed by atoms with E-state index in [4.69, 9.17) is 0 Å². The Morgan fingerprint density at radius 3 is 2.57 bits per heavy atom. The Morgan fingerprint density at radius 1 is 1.36 bits per heavy atom. The van der Waals surface area contributed by atoms with E-state index in [1.807, 2.05) is 31.2 Å². The molecule has 0 aliphatic carbocycles. The number of hydrogen-bond acceptors (Lipinski definition) is 1. The minimum Gasteiger partial charge on any atom is -0.385 e. The first-order chi connectivity index (χ1) is 6.62. The Morgan fingerprint density at radius 2 is 2.07 bits per heavy atom. The predicted octanol–water partition coefficient (Wildman–Crippen LogP) is 3.85. The molecule has 1 atom stereocenters. The van der Waals surface area contributed by atoms with Gasteiger partial charge in [-0.2, -0.15) is 0 Å². The fraction of sp³-hybridized carbons (Fsp3) is 0.500. The maximum absolute atomic E-state index is 10.4. The lowest BCUT2D eigenvalue weighted by atomic mass is 9.87. The Bertz CT molecular complexity index is 298. The molecule has 0 radical (unpaired) electrons. The summed E-state index contributed by atoms with van der Waals surface area (Å²) in [5.74, 6) is 0. The van der Waals surface area contributed by atoms with Crippen molar-refractivity contribution in [2.24, 2.45) is 0 Å². The zero-order valence-corrected chi connectivity index (χ0v) is 10.3. The van der Waals surface area contributed by atoms with Gasteiger partial charge in [0.1, 0.15) is 0 Å². The second-order valence-corrected chi connectivity index (χ2v) is 4.56. The molecule has 0 aromatic heterocycles. The van der Waals surface area contributed by atoms with E-state index in [0.717, 1.165) is 29.3 Å². The van der Waals surface area contributed by atoms with Gasteiger partial charge in [0.05, 0.1) is 5.60 Å². The van der Waals surface area contributed by atoms with Crippen LogP contribution in [-0.2, 0) is 5.60 Å². The molecule has 1 unspecified atom stereocenters. The van der Waals surface area contributed by atoms with Gasteiger partial charge in [-0.25, -0.2) is 0 Å². The van der Waals surface area contributed by atoms with Crippen LogP contribution in [-0.4, -0.2) is 5.11 Å². The highest BCUT2D eigenvalue weighted by molar-refractivity contribution is 9.10. The Hall–Kier alpha value is -0.340. The van der Waals surface area contributed by atoms with E-state index in [2.05, 4.69) is 22.9 Å². The minimum atomic E-state index is -0.654. The van der Waals surface area contributed by atoms with Crippen molar-refractivity contribution in [3.8, 4) is 0 Å². The van der Waals surface area contributed by atoms with Crippen molar-refractivity contribution in [1.29, 1.82) is 0 Å². The Labute approximate surface area is 94.3 Å². The average Bonchev–Trinajstić information content (AvgIpc) is 2.18. The molecule has 0 aliphatic rings. The van der Waals surface area contributed by atoms with Gasteiger partial charge in [0.15, 0.2) is 0 Å². The summed E-state index contributed by atoms with van der Waals surface area (Å²) < 4.78 is 1.03. The minimum absolute atomic E-state index is 0.654. The fourth-order valence-corrected chi connectivity index (χ4v) is 2.12. The largest absolute Gasteiger partial charge is 0.385 e. The SMILES string of the molecule is CCCC(O)(CC)c1cccc(Br)c1. The van der Waals surface area contributed by atoms with Gasteiger partial charge < -0.3 is 5.11 Å². The van der Waals surface area contributed by atoms with Gasteiger partial charge in [0.2, 0.25) is 0 Å². The summed E-state index contributed by atoms with van der Waals surface area (Å²) in [7, 11) is 0. The third kappa shape index (κ3) is 2.58. The van der Waals surface area contributed by atoms with E-state index in [0.29, 0.717) is 0 Å². The van der Waals surface area contributed by atoms with Crippen LogP contribution in [0.3, 0.4) is 0 Å². The summed E-state index contributed by atoms with van der Waals surface area (Å²) in [5.41, 5.74) is 0.356. The third-order valence-electron chi connectivity index (χ3n) is 2.61. The normalized spacial score (nSPS) is 15.1. The first-order valence-corrected chi connectivity index (χ1v) is 5.90. The van der Waals surface area contributed by atoms with Crippen molar-refractivity contribution in [1.82, 2.24) is 0 Å². The zero-order valence-electron chi connectivity index (χ0n) is 8.76. The van der Waals surface area contributed by atoms with Crippen LogP contribution in [0, 0.1) is 0 Å². The number of benzene rings is 1. The maximum atomic E-state index is 10.4. The quantitative estimate of drug-likeness (QED) is 0.868. The van der Waals surface area contributed by atoms with Crippen molar-refractivity contribution >= 4 is 15.9 Å². The van der Waals surface area contributed by atoms with E-state index in [9.17, 15) is 5.11 Å². The molecule has 1 aromatic carbocycles. The monoisotopic (exact) mass is 256 g/mol. The van der Waals surface area contributed by atoms with Gasteiger partial charge in [0, 0.05) is 4.47 Å². The van der Waals surface area contributed by atoms with Crippen molar-refractivity contribution in [3.63, 3.8) is 0 Å². The first kappa shape index (κ1) is 11.7. The van der Waals surface area contributed by atoms with E-state index >= 15 is 0 Å². The molecule has 14 heavy (non-hydrogen) atoms. The zero-order chi connectivity index (χ0) is 10.6. The molecule has 78 valence electrons. The Balaban J connectivity index is 2.99. The molecule has 0 saturated carbocycles.